The average molecular weight is 374 g/mol. The van der Waals surface area contributed by atoms with Crippen LogP contribution in [0.25, 0.3) is 0 Å². The number of hydrogen-bond acceptors (Lipinski definition) is 4. The molecule has 8 heteroatoms. The molecule has 134 valence electrons. The summed E-state index contributed by atoms with van der Waals surface area (Å²) in [7, 11) is -0.787. The SMILES string of the molecule is C[C@@H](C(=O)Nc1ccc(Cl)c(S(=O)(=O)N(C)C)c1)N1CCCCC1. The summed E-state index contributed by atoms with van der Waals surface area (Å²) in [6, 6.07) is 4.24. The van der Waals surface area contributed by atoms with Crippen LogP contribution in [-0.2, 0) is 14.8 Å². The predicted octanol–water partition coefficient (Wildman–Crippen LogP) is 2.40. The molecule has 0 aliphatic carbocycles. The van der Waals surface area contributed by atoms with E-state index in [1.54, 1.807) is 6.07 Å². The van der Waals surface area contributed by atoms with Gasteiger partial charge in [-0.2, -0.15) is 0 Å². The largest absolute Gasteiger partial charge is 0.325 e. The number of benzene rings is 1. The number of hydrogen-bond donors (Lipinski definition) is 1. The molecule has 0 saturated carbocycles. The molecule has 0 radical (unpaired) electrons. The molecule has 1 aliphatic heterocycles. The number of sulfonamides is 1. The van der Waals surface area contributed by atoms with Crippen molar-refractivity contribution in [2.45, 2.75) is 37.1 Å². The second-order valence-electron chi connectivity index (χ2n) is 6.19. The third-order valence-electron chi connectivity index (χ3n) is 4.28. The van der Waals surface area contributed by atoms with E-state index in [2.05, 4.69) is 10.2 Å². The monoisotopic (exact) mass is 373 g/mol. The number of nitrogens with zero attached hydrogens (tertiary/aromatic N) is 2. The molecule has 0 unspecified atom stereocenters. The summed E-state index contributed by atoms with van der Waals surface area (Å²) >= 11 is 6.02. The Hall–Kier alpha value is -1.15. The van der Waals surface area contributed by atoms with E-state index in [1.165, 1.54) is 32.6 Å². The second-order valence-corrected chi connectivity index (χ2v) is 8.72. The van der Waals surface area contributed by atoms with E-state index >= 15 is 0 Å². The van der Waals surface area contributed by atoms with Gasteiger partial charge in [-0.15, -0.1) is 0 Å². The number of carbonyl (C=O) groups is 1. The first kappa shape index (κ1) is 19.2. The molecule has 1 saturated heterocycles. The van der Waals surface area contributed by atoms with Crippen molar-refractivity contribution >= 4 is 33.2 Å². The van der Waals surface area contributed by atoms with Gasteiger partial charge >= 0.3 is 0 Å². The molecule has 1 aliphatic rings. The van der Waals surface area contributed by atoms with Crippen molar-refractivity contribution < 1.29 is 13.2 Å². The van der Waals surface area contributed by atoms with Crippen molar-refractivity contribution in [2.75, 3.05) is 32.5 Å². The fourth-order valence-electron chi connectivity index (χ4n) is 2.69. The van der Waals surface area contributed by atoms with Gasteiger partial charge in [0, 0.05) is 19.8 Å². The quantitative estimate of drug-likeness (QED) is 0.860. The van der Waals surface area contributed by atoms with E-state index in [0.717, 1.165) is 30.2 Å². The van der Waals surface area contributed by atoms with E-state index in [0.29, 0.717) is 5.69 Å². The molecule has 1 atom stereocenters. The first-order chi connectivity index (χ1) is 11.2. The van der Waals surface area contributed by atoms with Gasteiger partial charge in [-0.25, -0.2) is 12.7 Å². The molecular formula is C16H24ClN3O3S. The van der Waals surface area contributed by atoms with Gasteiger partial charge in [0.1, 0.15) is 4.90 Å². The Morgan fingerprint density at radius 2 is 1.88 bits per heavy atom. The summed E-state index contributed by atoms with van der Waals surface area (Å²) in [4.78, 5) is 14.6. The highest BCUT2D eigenvalue weighted by atomic mass is 35.5. The number of anilines is 1. The van der Waals surface area contributed by atoms with Crippen molar-refractivity contribution in [1.29, 1.82) is 0 Å². The maximum Gasteiger partial charge on any atom is 0.244 e. The molecule has 1 aromatic carbocycles. The van der Waals surface area contributed by atoms with Crippen molar-refractivity contribution in [3.8, 4) is 0 Å². The Labute approximate surface area is 148 Å². The number of nitrogens with one attached hydrogen (secondary N) is 1. The zero-order valence-corrected chi connectivity index (χ0v) is 15.8. The zero-order chi connectivity index (χ0) is 17.9. The lowest BCUT2D eigenvalue weighted by Gasteiger charge is -2.31. The maximum absolute atomic E-state index is 12.4. The minimum atomic E-state index is -3.67. The number of amides is 1. The van der Waals surface area contributed by atoms with Crippen LogP contribution in [-0.4, -0.2) is 56.8 Å². The van der Waals surface area contributed by atoms with Crippen LogP contribution in [0, 0.1) is 0 Å². The average Bonchev–Trinajstić information content (AvgIpc) is 2.56. The Morgan fingerprint density at radius 1 is 1.25 bits per heavy atom. The third-order valence-corrected chi connectivity index (χ3v) is 6.57. The van der Waals surface area contributed by atoms with Crippen LogP contribution in [0.15, 0.2) is 23.1 Å². The van der Waals surface area contributed by atoms with Gasteiger partial charge < -0.3 is 5.32 Å². The lowest BCUT2D eigenvalue weighted by molar-refractivity contribution is -0.121. The molecule has 1 amide bonds. The summed E-state index contributed by atoms with van der Waals surface area (Å²) in [5.41, 5.74) is 0.425. The molecule has 0 spiro atoms. The normalized spacial score (nSPS) is 17.7. The molecule has 1 N–H and O–H groups in total. The van der Waals surface area contributed by atoms with Crippen LogP contribution >= 0.6 is 11.6 Å². The van der Waals surface area contributed by atoms with E-state index < -0.39 is 10.0 Å². The molecule has 2 rings (SSSR count). The standard InChI is InChI=1S/C16H24ClN3O3S/c1-12(20-9-5-4-6-10-20)16(21)18-13-7-8-14(17)15(11-13)24(22,23)19(2)3/h7-8,11-12H,4-6,9-10H2,1-3H3,(H,18,21)/t12-/m0/s1. The lowest BCUT2D eigenvalue weighted by Crippen LogP contribution is -2.44. The van der Waals surface area contributed by atoms with Crippen LogP contribution in [0.4, 0.5) is 5.69 Å². The van der Waals surface area contributed by atoms with Crippen molar-refractivity contribution in [1.82, 2.24) is 9.21 Å². The highest BCUT2D eigenvalue weighted by molar-refractivity contribution is 7.89. The van der Waals surface area contributed by atoms with Crippen LogP contribution in [0.1, 0.15) is 26.2 Å². The summed E-state index contributed by atoms with van der Waals surface area (Å²) in [6.07, 6.45) is 3.40. The van der Waals surface area contributed by atoms with Gasteiger partial charge in [-0.3, -0.25) is 9.69 Å². The molecule has 0 bridgehead atoms. The minimum Gasteiger partial charge on any atom is -0.325 e. The summed E-state index contributed by atoms with van der Waals surface area (Å²) in [5, 5.41) is 2.93. The van der Waals surface area contributed by atoms with Gasteiger partial charge in [0.25, 0.3) is 0 Å². The molecular weight excluding hydrogens is 350 g/mol. The molecule has 1 fully saturated rings. The number of piperidine rings is 1. The van der Waals surface area contributed by atoms with E-state index in [-0.39, 0.29) is 21.9 Å². The highest BCUT2D eigenvalue weighted by Gasteiger charge is 2.24. The summed E-state index contributed by atoms with van der Waals surface area (Å²) in [5.74, 6) is -0.146. The predicted molar refractivity (Wildman–Crippen MR) is 95.8 cm³/mol. The van der Waals surface area contributed by atoms with Gasteiger partial charge in [-0.05, 0) is 51.1 Å². The van der Waals surface area contributed by atoms with Crippen LogP contribution in [0.3, 0.4) is 0 Å². The Kier molecular flexibility index (Phi) is 6.25. The summed E-state index contributed by atoms with van der Waals surface area (Å²) < 4.78 is 25.7. The summed E-state index contributed by atoms with van der Waals surface area (Å²) in [6.45, 7) is 3.69. The first-order valence-electron chi connectivity index (χ1n) is 8.00. The number of rotatable bonds is 5. The second kappa shape index (κ2) is 7.82. The zero-order valence-electron chi connectivity index (χ0n) is 14.3. The Morgan fingerprint density at radius 3 is 2.46 bits per heavy atom. The van der Waals surface area contributed by atoms with Crippen LogP contribution in [0.2, 0.25) is 5.02 Å². The first-order valence-corrected chi connectivity index (χ1v) is 9.82. The minimum absolute atomic E-state index is 0.0161. The molecule has 0 aromatic heterocycles. The smallest absolute Gasteiger partial charge is 0.244 e. The van der Waals surface area contributed by atoms with Gasteiger partial charge in [-0.1, -0.05) is 18.0 Å². The van der Waals surface area contributed by atoms with Crippen molar-refractivity contribution in [3.05, 3.63) is 23.2 Å². The van der Waals surface area contributed by atoms with E-state index in [9.17, 15) is 13.2 Å². The van der Waals surface area contributed by atoms with Gasteiger partial charge in [0.2, 0.25) is 15.9 Å². The van der Waals surface area contributed by atoms with Gasteiger partial charge in [0.05, 0.1) is 11.1 Å². The third kappa shape index (κ3) is 4.27. The van der Waals surface area contributed by atoms with Crippen molar-refractivity contribution in [2.24, 2.45) is 0 Å². The van der Waals surface area contributed by atoms with Crippen molar-refractivity contribution in [3.63, 3.8) is 0 Å². The van der Waals surface area contributed by atoms with E-state index in [1.807, 2.05) is 6.92 Å². The van der Waals surface area contributed by atoms with Crippen LogP contribution < -0.4 is 5.32 Å². The highest BCUT2D eigenvalue weighted by Crippen LogP contribution is 2.27. The fourth-order valence-corrected chi connectivity index (χ4v) is 4.09. The number of likely N-dealkylation sites (tertiary alicyclic amines) is 1. The topological polar surface area (TPSA) is 69.7 Å². The van der Waals surface area contributed by atoms with Crippen LogP contribution in [0.5, 0.6) is 0 Å². The molecule has 24 heavy (non-hydrogen) atoms. The number of halogens is 1. The Balaban J connectivity index is 2.17. The molecule has 1 aromatic rings. The maximum atomic E-state index is 12.4. The Bertz CT molecular complexity index is 701. The van der Waals surface area contributed by atoms with E-state index in [4.69, 9.17) is 11.6 Å². The number of carbonyl (C=O) groups excluding carboxylic acids is 1. The molecule has 6 nitrogen and oxygen atoms in total. The van der Waals surface area contributed by atoms with Gasteiger partial charge in [0.15, 0.2) is 0 Å². The molecule has 1 heterocycles. The fraction of sp³-hybridized carbons (Fsp3) is 0.562. The lowest BCUT2D eigenvalue weighted by atomic mass is 10.1.